The maximum Gasteiger partial charge on any atom is 0.135 e. The van der Waals surface area contributed by atoms with E-state index in [9.17, 15) is 13.9 Å². The molecule has 3 aromatic rings. The maximum atomic E-state index is 14.1. The first-order valence-electron chi connectivity index (χ1n) is 8.28. The SMILES string of the molecule is Cc1c(-c2ccc(F)cc2F)nc2n1CC(c1cccc(CO)c1)C2. The number of imidazole rings is 1. The lowest BCUT2D eigenvalue weighted by molar-refractivity contribution is 0.281. The minimum absolute atomic E-state index is 0.0259. The Morgan fingerprint density at radius 2 is 2.04 bits per heavy atom. The van der Waals surface area contributed by atoms with Crippen molar-refractivity contribution in [2.24, 2.45) is 0 Å². The lowest BCUT2D eigenvalue weighted by Gasteiger charge is -2.12. The minimum atomic E-state index is -0.591. The summed E-state index contributed by atoms with van der Waals surface area (Å²) in [6.45, 7) is 2.71. The summed E-state index contributed by atoms with van der Waals surface area (Å²) in [7, 11) is 0. The fourth-order valence-electron chi connectivity index (χ4n) is 3.60. The Labute approximate surface area is 144 Å². The fraction of sp³-hybridized carbons (Fsp3) is 0.250. The normalized spacial score (nSPS) is 16.2. The van der Waals surface area contributed by atoms with Crippen molar-refractivity contribution in [3.05, 3.63) is 76.7 Å². The standard InChI is InChI=1S/C20H18F2N2O/c1-12-20(17-6-5-16(21)9-18(17)22)23-19-8-15(10-24(12)19)14-4-2-3-13(7-14)11-25/h2-7,9,15,25H,8,10-11H2,1H3. The van der Waals surface area contributed by atoms with E-state index in [0.717, 1.165) is 36.1 Å². The maximum absolute atomic E-state index is 14.1. The van der Waals surface area contributed by atoms with E-state index in [2.05, 4.69) is 15.6 Å². The number of benzene rings is 2. The fourth-order valence-corrected chi connectivity index (χ4v) is 3.60. The number of rotatable bonds is 3. The number of hydrogen-bond acceptors (Lipinski definition) is 2. The van der Waals surface area contributed by atoms with Crippen molar-refractivity contribution in [2.45, 2.75) is 32.4 Å². The van der Waals surface area contributed by atoms with Crippen molar-refractivity contribution < 1.29 is 13.9 Å². The molecule has 1 aliphatic heterocycles. The van der Waals surface area contributed by atoms with Crippen LogP contribution in [0.25, 0.3) is 11.3 Å². The van der Waals surface area contributed by atoms with Gasteiger partial charge in [0.05, 0.1) is 12.3 Å². The first kappa shape index (κ1) is 16.0. The molecule has 25 heavy (non-hydrogen) atoms. The number of halogens is 2. The van der Waals surface area contributed by atoms with Gasteiger partial charge in [0.25, 0.3) is 0 Å². The van der Waals surface area contributed by atoms with Crippen molar-refractivity contribution in [3.63, 3.8) is 0 Å². The number of fused-ring (bicyclic) bond motifs is 1. The Morgan fingerprint density at radius 3 is 2.76 bits per heavy atom. The molecule has 0 aliphatic carbocycles. The monoisotopic (exact) mass is 340 g/mol. The van der Waals surface area contributed by atoms with Crippen molar-refractivity contribution in [3.8, 4) is 11.3 Å². The molecule has 1 aromatic heterocycles. The second-order valence-corrected chi connectivity index (χ2v) is 6.50. The molecule has 0 radical (unpaired) electrons. The van der Waals surface area contributed by atoms with E-state index in [-0.39, 0.29) is 6.61 Å². The highest BCUT2D eigenvalue weighted by Crippen LogP contribution is 2.35. The average molecular weight is 340 g/mol. The van der Waals surface area contributed by atoms with E-state index in [4.69, 9.17) is 0 Å². The molecule has 128 valence electrons. The first-order chi connectivity index (χ1) is 12.1. The second-order valence-electron chi connectivity index (χ2n) is 6.50. The molecule has 1 atom stereocenters. The third-order valence-electron chi connectivity index (χ3n) is 4.92. The van der Waals surface area contributed by atoms with E-state index >= 15 is 0 Å². The van der Waals surface area contributed by atoms with Gasteiger partial charge in [-0.3, -0.25) is 0 Å². The van der Waals surface area contributed by atoms with Gasteiger partial charge in [-0.05, 0) is 30.2 Å². The number of nitrogens with zero attached hydrogens (tertiary/aromatic N) is 2. The van der Waals surface area contributed by atoms with Crippen LogP contribution in [0.4, 0.5) is 8.78 Å². The summed E-state index contributed by atoms with van der Waals surface area (Å²) in [6.07, 6.45) is 0.762. The predicted molar refractivity (Wildman–Crippen MR) is 91.1 cm³/mol. The Hall–Kier alpha value is -2.53. The number of aliphatic hydroxyl groups is 1. The molecule has 0 saturated carbocycles. The molecule has 1 N–H and O–H groups in total. The van der Waals surface area contributed by atoms with Crippen LogP contribution in [0, 0.1) is 18.6 Å². The van der Waals surface area contributed by atoms with Gasteiger partial charge in [-0.2, -0.15) is 0 Å². The van der Waals surface area contributed by atoms with Gasteiger partial charge in [0.15, 0.2) is 0 Å². The van der Waals surface area contributed by atoms with Crippen LogP contribution in [-0.2, 0) is 19.6 Å². The molecule has 0 bridgehead atoms. The Morgan fingerprint density at radius 1 is 1.20 bits per heavy atom. The van der Waals surface area contributed by atoms with Gasteiger partial charge in [-0.1, -0.05) is 24.3 Å². The van der Waals surface area contributed by atoms with E-state index in [1.807, 2.05) is 25.1 Å². The zero-order valence-corrected chi connectivity index (χ0v) is 13.8. The zero-order valence-electron chi connectivity index (χ0n) is 13.8. The third kappa shape index (κ3) is 2.74. The van der Waals surface area contributed by atoms with Gasteiger partial charge in [0.2, 0.25) is 0 Å². The van der Waals surface area contributed by atoms with Crippen LogP contribution in [0.3, 0.4) is 0 Å². The van der Waals surface area contributed by atoms with Crippen molar-refractivity contribution in [1.82, 2.24) is 9.55 Å². The molecule has 0 spiro atoms. The van der Waals surface area contributed by atoms with Crippen molar-refractivity contribution in [2.75, 3.05) is 0 Å². The van der Waals surface area contributed by atoms with Crippen molar-refractivity contribution >= 4 is 0 Å². The average Bonchev–Trinajstić information content (AvgIpc) is 3.15. The van der Waals surface area contributed by atoms with E-state index in [1.165, 1.54) is 17.7 Å². The Bertz CT molecular complexity index is 949. The molecule has 2 aromatic carbocycles. The van der Waals surface area contributed by atoms with Gasteiger partial charge in [0.1, 0.15) is 17.5 Å². The molecular formula is C20H18F2N2O. The number of hydrogen-bond donors (Lipinski definition) is 1. The van der Waals surface area contributed by atoms with E-state index in [1.54, 1.807) is 0 Å². The molecule has 0 amide bonds. The highest BCUT2D eigenvalue weighted by molar-refractivity contribution is 5.63. The summed E-state index contributed by atoms with van der Waals surface area (Å²) < 4.78 is 29.3. The summed E-state index contributed by atoms with van der Waals surface area (Å²) in [5, 5.41) is 9.31. The molecular weight excluding hydrogens is 322 g/mol. The topological polar surface area (TPSA) is 38.0 Å². The van der Waals surface area contributed by atoms with Crippen molar-refractivity contribution in [1.29, 1.82) is 0 Å². The zero-order chi connectivity index (χ0) is 17.6. The van der Waals surface area contributed by atoms with Crippen LogP contribution < -0.4 is 0 Å². The largest absolute Gasteiger partial charge is 0.392 e. The minimum Gasteiger partial charge on any atom is -0.392 e. The van der Waals surface area contributed by atoms with Crippen LogP contribution in [0.2, 0.25) is 0 Å². The van der Waals surface area contributed by atoms with Crippen LogP contribution in [0.1, 0.15) is 28.6 Å². The summed E-state index contributed by atoms with van der Waals surface area (Å²) in [5.41, 5.74) is 3.87. The van der Waals surface area contributed by atoms with Gasteiger partial charge >= 0.3 is 0 Å². The quantitative estimate of drug-likeness (QED) is 0.783. The Balaban J connectivity index is 1.66. The van der Waals surface area contributed by atoms with Crippen LogP contribution in [0.15, 0.2) is 42.5 Å². The highest BCUT2D eigenvalue weighted by Gasteiger charge is 2.28. The number of aliphatic hydroxyl groups excluding tert-OH is 1. The van der Waals surface area contributed by atoms with Crippen LogP contribution in [0.5, 0.6) is 0 Å². The highest BCUT2D eigenvalue weighted by atomic mass is 19.1. The van der Waals surface area contributed by atoms with Gasteiger partial charge in [-0.15, -0.1) is 0 Å². The van der Waals surface area contributed by atoms with Crippen LogP contribution in [-0.4, -0.2) is 14.7 Å². The van der Waals surface area contributed by atoms with E-state index in [0.29, 0.717) is 17.2 Å². The lowest BCUT2D eigenvalue weighted by Crippen LogP contribution is -2.04. The van der Waals surface area contributed by atoms with Gasteiger partial charge in [0, 0.05) is 36.2 Å². The Kier molecular flexibility index (Phi) is 3.88. The summed E-state index contributed by atoms with van der Waals surface area (Å²) >= 11 is 0. The second kappa shape index (κ2) is 6.08. The first-order valence-corrected chi connectivity index (χ1v) is 8.28. The number of aromatic nitrogens is 2. The molecule has 1 aliphatic rings. The smallest absolute Gasteiger partial charge is 0.135 e. The molecule has 0 saturated heterocycles. The molecule has 0 fully saturated rings. The third-order valence-corrected chi connectivity index (χ3v) is 4.92. The summed E-state index contributed by atoms with van der Waals surface area (Å²) in [6, 6.07) is 11.5. The van der Waals surface area contributed by atoms with E-state index < -0.39 is 11.6 Å². The van der Waals surface area contributed by atoms with Gasteiger partial charge in [-0.25, -0.2) is 13.8 Å². The molecule has 1 unspecified atom stereocenters. The van der Waals surface area contributed by atoms with Crippen LogP contribution >= 0.6 is 0 Å². The molecule has 2 heterocycles. The predicted octanol–water partition coefficient (Wildman–Crippen LogP) is 3.97. The molecule has 3 nitrogen and oxygen atoms in total. The molecule has 4 rings (SSSR count). The summed E-state index contributed by atoms with van der Waals surface area (Å²) in [4.78, 5) is 4.62. The van der Waals surface area contributed by atoms with Gasteiger partial charge < -0.3 is 9.67 Å². The summed E-state index contributed by atoms with van der Waals surface area (Å²) in [5.74, 6) is 0.0250. The lowest BCUT2D eigenvalue weighted by atomic mass is 9.96. The molecule has 5 heteroatoms.